The number of rotatable bonds is 7. The van der Waals surface area contributed by atoms with Crippen molar-refractivity contribution in [3.63, 3.8) is 0 Å². The minimum atomic E-state index is -4.63. The predicted molar refractivity (Wildman–Crippen MR) is 125 cm³/mol. The van der Waals surface area contributed by atoms with Gasteiger partial charge in [0.15, 0.2) is 0 Å². The fraction of sp³-hybridized carbons (Fsp3) is 0.231. The first-order valence-electron chi connectivity index (χ1n) is 10.9. The lowest BCUT2D eigenvalue weighted by Crippen LogP contribution is -2.27. The summed E-state index contributed by atoms with van der Waals surface area (Å²) in [5, 5.41) is 12.4. The lowest BCUT2D eigenvalue weighted by atomic mass is 10.1. The lowest BCUT2D eigenvalue weighted by molar-refractivity contribution is -0.137. The van der Waals surface area contributed by atoms with Crippen LogP contribution in [0.15, 0.2) is 71.7 Å². The predicted octanol–water partition coefficient (Wildman–Crippen LogP) is 4.79. The maximum Gasteiger partial charge on any atom is 0.416 e. The van der Waals surface area contributed by atoms with Crippen LogP contribution in [0, 0.1) is 0 Å². The molecular weight excluding hydrogens is 463 g/mol. The lowest BCUT2D eigenvalue weighted by Gasteiger charge is -2.19. The second-order valence-electron chi connectivity index (χ2n) is 7.92. The van der Waals surface area contributed by atoms with Crippen molar-refractivity contribution in [1.82, 2.24) is 4.57 Å². The molecule has 0 saturated heterocycles. The normalized spacial score (nSPS) is 12.6. The number of fused-ring (bicyclic) bond motifs is 2. The zero-order chi connectivity index (χ0) is 25.2. The molecule has 4 rings (SSSR count). The Bertz CT molecular complexity index is 1440. The highest BCUT2D eigenvalue weighted by Gasteiger charge is 2.31. The number of alkyl halides is 3. The third kappa shape index (κ3) is 5.14. The summed E-state index contributed by atoms with van der Waals surface area (Å²) in [6.45, 7) is 1.19. The second-order valence-corrected chi connectivity index (χ2v) is 7.92. The van der Waals surface area contributed by atoms with Crippen LogP contribution in [0.5, 0.6) is 5.75 Å². The number of nitrogens with zero attached hydrogens (tertiary/aromatic N) is 1. The van der Waals surface area contributed by atoms with E-state index in [1.165, 1.54) is 4.57 Å². The van der Waals surface area contributed by atoms with E-state index in [4.69, 9.17) is 9.47 Å². The van der Waals surface area contributed by atoms with Gasteiger partial charge in [0.2, 0.25) is 5.43 Å². The molecule has 1 atom stereocenters. The van der Waals surface area contributed by atoms with Gasteiger partial charge in [-0.25, -0.2) is 4.79 Å². The molecule has 0 amide bonds. The molecule has 1 heterocycles. The molecule has 0 saturated carbocycles. The highest BCUT2D eigenvalue weighted by Crippen LogP contribution is 2.31. The van der Waals surface area contributed by atoms with Crippen LogP contribution in [0.2, 0.25) is 0 Å². The SMILES string of the molecule is CCOC(=O)c1cn(C[C@H](O)COc2cccc3ccccc23)c2cc(C(F)(F)F)ccc2c1=O. The minimum Gasteiger partial charge on any atom is -0.490 e. The van der Waals surface area contributed by atoms with Crippen LogP contribution < -0.4 is 10.2 Å². The van der Waals surface area contributed by atoms with Gasteiger partial charge in [-0.15, -0.1) is 0 Å². The molecule has 0 unspecified atom stereocenters. The standard InChI is InChI=1S/C26H22F3NO5/c1-2-34-25(33)21-14-30(22-12-17(26(27,28)29)10-11-20(22)24(21)32)13-18(31)15-35-23-9-5-7-16-6-3-4-8-19(16)23/h3-12,14,18,31H,2,13,15H2,1H3/t18-/m0/s1. The summed E-state index contributed by atoms with van der Waals surface area (Å²) in [6.07, 6.45) is -4.68. The van der Waals surface area contributed by atoms with Crippen molar-refractivity contribution in [2.45, 2.75) is 25.7 Å². The zero-order valence-electron chi connectivity index (χ0n) is 18.7. The molecule has 0 fully saturated rings. The van der Waals surface area contributed by atoms with E-state index >= 15 is 0 Å². The summed E-state index contributed by atoms with van der Waals surface area (Å²) in [5.41, 5.74) is -2.10. The number of carbonyl (C=O) groups is 1. The molecule has 6 nitrogen and oxygen atoms in total. The number of aliphatic hydroxyl groups is 1. The fourth-order valence-corrected chi connectivity index (χ4v) is 3.86. The first-order chi connectivity index (χ1) is 16.7. The van der Waals surface area contributed by atoms with E-state index in [-0.39, 0.29) is 36.2 Å². The van der Waals surface area contributed by atoms with Gasteiger partial charge in [-0.1, -0.05) is 36.4 Å². The maximum atomic E-state index is 13.3. The monoisotopic (exact) mass is 485 g/mol. The zero-order valence-corrected chi connectivity index (χ0v) is 18.7. The maximum absolute atomic E-state index is 13.3. The van der Waals surface area contributed by atoms with Crippen molar-refractivity contribution < 1.29 is 32.5 Å². The summed E-state index contributed by atoms with van der Waals surface area (Å²) in [7, 11) is 0. The van der Waals surface area contributed by atoms with Gasteiger partial charge in [0.25, 0.3) is 0 Å². The van der Waals surface area contributed by atoms with Gasteiger partial charge in [-0.2, -0.15) is 13.2 Å². The van der Waals surface area contributed by atoms with Gasteiger partial charge in [-0.3, -0.25) is 4.79 Å². The van der Waals surface area contributed by atoms with Gasteiger partial charge in [0, 0.05) is 17.0 Å². The third-order valence-electron chi connectivity index (χ3n) is 5.49. The van der Waals surface area contributed by atoms with Crippen LogP contribution in [0.25, 0.3) is 21.7 Å². The van der Waals surface area contributed by atoms with Crippen LogP contribution in [0.4, 0.5) is 13.2 Å². The molecule has 9 heteroatoms. The van der Waals surface area contributed by atoms with Gasteiger partial charge >= 0.3 is 12.1 Å². The number of hydrogen-bond acceptors (Lipinski definition) is 5. The molecule has 1 N–H and O–H groups in total. The third-order valence-corrected chi connectivity index (χ3v) is 5.49. The Morgan fingerprint density at radius 3 is 2.54 bits per heavy atom. The quantitative estimate of drug-likeness (QED) is 0.381. The van der Waals surface area contributed by atoms with E-state index in [2.05, 4.69) is 0 Å². The Balaban J connectivity index is 1.68. The number of hydrogen-bond donors (Lipinski definition) is 1. The Kier molecular flexibility index (Phi) is 6.79. The van der Waals surface area contributed by atoms with E-state index < -0.39 is 29.2 Å². The van der Waals surface area contributed by atoms with Crippen LogP contribution in [-0.2, 0) is 17.5 Å². The molecule has 182 valence electrons. The number of carbonyl (C=O) groups excluding carboxylic acids is 1. The van der Waals surface area contributed by atoms with Crippen LogP contribution in [0.3, 0.4) is 0 Å². The molecular formula is C26H22F3NO5. The van der Waals surface area contributed by atoms with Crippen molar-refractivity contribution in [2.75, 3.05) is 13.2 Å². The van der Waals surface area contributed by atoms with Crippen molar-refractivity contribution >= 4 is 27.6 Å². The molecule has 3 aromatic carbocycles. The molecule has 4 aromatic rings. The molecule has 0 aliphatic carbocycles. The van der Waals surface area contributed by atoms with E-state index in [1.54, 1.807) is 13.0 Å². The van der Waals surface area contributed by atoms with Crippen LogP contribution in [-0.4, -0.2) is 35.0 Å². The number of pyridine rings is 1. The molecule has 0 bridgehead atoms. The number of halogens is 3. The molecule has 0 aliphatic rings. The number of esters is 1. The first kappa shape index (κ1) is 24.3. The number of aromatic nitrogens is 1. The number of aliphatic hydroxyl groups excluding tert-OH is 1. The smallest absolute Gasteiger partial charge is 0.416 e. The van der Waals surface area contributed by atoms with Crippen LogP contribution in [0.1, 0.15) is 22.8 Å². The summed E-state index contributed by atoms with van der Waals surface area (Å²) in [4.78, 5) is 25.1. The first-order valence-corrected chi connectivity index (χ1v) is 10.9. The number of ether oxygens (including phenoxy) is 2. The Labute approximate surface area is 198 Å². The van der Waals surface area contributed by atoms with E-state index in [0.717, 1.165) is 35.2 Å². The Hall–Kier alpha value is -3.85. The van der Waals surface area contributed by atoms with Gasteiger partial charge in [0.05, 0.1) is 24.2 Å². The highest BCUT2D eigenvalue weighted by atomic mass is 19.4. The largest absolute Gasteiger partial charge is 0.490 e. The van der Waals surface area contributed by atoms with E-state index in [1.807, 2.05) is 36.4 Å². The average molecular weight is 485 g/mol. The molecule has 0 spiro atoms. The van der Waals surface area contributed by atoms with Crippen molar-refractivity contribution in [1.29, 1.82) is 0 Å². The van der Waals surface area contributed by atoms with E-state index in [0.29, 0.717) is 5.75 Å². The summed E-state index contributed by atoms with van der Waals surface area (Å²) < 4.78 is 51.9. The fourth-order valence-electron chi connectivity index (χ4n) is 3.86. The topological polar surface area (TPSA) is 77.8 Å². The minimum absolute atomic E-state index is 0.0187. The van der Waals surface area contributed by atoms with Crippen LogP contribution >= 0.6 is 0 Å². The van der Waals surface area contributed by atoms with Gasteiger partial charge in [0.1, 0.15) is 24.0 Å². The summed E-state index contributed by atoms with van der Waals surface area (Å²) in [6, 6.07) is 15.6. The molecule has 35 heavy (non-hydrogen) atoms. The highest BCUT2D eigenvalue weighted by molar-refractivity contribution is 5.94. The molecule has 0 aliphatic heterocycles. The van der Waals surface area contributed by atoms with E-state index in [9.17, 15) is 27.9 Å². The molecule has 0 radical (unpaired) electrons. The van der Waals surface area contributed by atoms with Crippen molar-refractivity contribution in [3.8, 4) is 5.75 Å². The van der Waals surface area contributed by atoms with Crippen molar-refractivity contribution in [3.05, 3.63) is 88.2 Å². The summed E-state index contributed by atoms with van der Waals surface area (Å²) >= 11 is 0. The number of benzene rings is 3. The average Bonchev–Trinajstić information content (AvgIpc) is 2.83. The van der Waals surface area contributed by atoms with Gasteiger partial charge in [-0.05, 0) is 36.6 Å². The summed E-state index contributed by atoms with van der Waals surface area (Å²) in [5.74, 6) is -0.354. The Morgan fingerprint density at radius 1 is 1.06 bits per heavy atom. The molecule has 1 aromatic heterocycles. The van der Waals surface area contributed by atoms with Gasteiger partial charge < -0.3 is 19.1 Å². The second kappa shape index (κ2) is 9.79. The van der Waals surface area contributed by atoms with Crippen molar-refractivity contribution in [2.24, 2.45) is 0 Å². The Morgan fingerprint density at radius 2 is 1.80 bits per heavy atom.